The summed E-state index contributed by atoms with van der Waals surface area (Å²) >= 11 is 0. The van der Waals surface area contributed by atoms with Gasteiger partial charge in [-0.15, -0.1) is 0 Å². The van der Waals surface area contributed by atoms with Gasteiger partial charge in [0.1, 0.15) is 0 Å². The van der Waals surface area contributed by atoms with E-state index < -0.39 is 0 Å². The third kappa shape index (κ3) is 1.37. The van der Waals surface area contributed by atoms with Crippen molar-refractivity contribution >= 4 is 5.71 Å². The van der Waals surface area contributed by atoms with Crippen molar-refractivity contribution in [3.8, 4) is 5.69 Å². The van der Waals surface area contributed by atoms with E-state index in [0.29, 0.717) is 5.92 Å². The Morgan fingerprint density at radius 2 is 1.94 bits per heavy atom. The van der Waals surface area contributed by atoms with Crippen molar-refractivity contribution in [3.63, 3.8) is 0 Å². The monoisotopic (exact) mass is 222 g/mol. The van der Waals surface area contributed by atoms with Crippen LogP contribution in [0.25, 0.3) is 5.69 Å². The van der Waals surface area contributed by atoms with Crippen LogP contribution < -0.4 is 0 Å². The number of nitrogens with zero attached hydrogens (tertiary/aromatic N) is 2. The normalized spacial score (nSPS) is 18.0. The number of hydrogen-bond donors (Lipinski definition) is 0. The Morgan fingerprint density at radius 1 is 1.06 bits per heavy atom. The maximum Gasteiger partial charge on any atom is 0.0669 e. The quantitative estimate of drug-likeness (QED) is 0.705. The molecule has 2 aliphatic rings. The molecule has 2 nitrogen and oxygen atoms in total. The molecule has 1 saturated carbocycles. The molecule has 1 aliphatic carbocycles. The Labute approximate surface area is 101 Å². The molecule has 2 aromatic rings. The number of aliphatic imine (C=N–C) groups is 1. The summed E-state index contributed by atoms with van der Waals surface area (Å²) in [5.74, 6) is 0.706. The van der Waals surface area contributed by atoms with Gasteiger partial charge >= 0.3 is 0 Å². The van der Waals surface area contributed by atoms with Gasteiger partial charge in [0, 0.05) is 12.1 Å². The van der Waals surface area contributed by atoms with Crippen molar-refractivity contribution in [2.75, 3.05) is 0 Å². The zero-order chi connectivity index (χ0) is 11.2. The molecule has 0 spiro atoms. The average molecular weight is 222 g/mol. The minimum atomic E-state index is 0.706. The molecular formula is C15H14N2. The molecule has 1 fully saturated rings. The summed E-state index contributed by atoms with van der Waals surface area (Å²) in [6, 6.07) is 12.9. The standard InChI is InChI=1S/C15H14N2/c1-2-5-13-12(4-1)10-16-15(11-7-8-11)14-6-3-9-17(13)14/h1-6,9,11H,7-8,10H2. The van der Waals surface area contributed by atoms with Gasteiger partial charge in [0.2, 0.25) is 0 Å². The SMILES string of the molecule is c1ccc2c(c1)CN=C(C1CC1)c1cccn1-2. The van der Waals surface area contributed by atoms with Crippen LogP contribution in [-0.2, 0) is 6.54 Å². The first-order valence-electron chi connectivity index (χ1n) is 6.24. The lowest BCUT2D eigenvalue weighted by molar-refractivity contribution is 1.02. The van der Waals surface area contributed by atoms with Crippen LogP contribution in [0.1, 0.15) is 24.1 Å². The van der Waals surface area contributed by atoms with E-state index in [1.807, 2.05) is 0 Å². The first kappa shape index (κ1) is 9.23. The fourth-order valence-electron chi connectivity index (χ4n) is 2.63. The smallest absolute Gasteiger partial charge is 0.0669 e. The number of rotatable bonds is 1. The molecule has 1 aromatic carbocycles. The lowest BCUT2D eigenvalue weighted by atomic mass is 10.1. The molecule has 0 saturated heterocycles. The number of para-hydroxylation sites is 1. The van der Waals surface area contributed by atoms with Gasteiger partial charge in [-0.2, -0.15) is 0 Å². The highest BCUT2D eigenvalue weighted by Crippen LogP contribution is 2.36. The summed E-state index contributed by atoms with van der Waals surface area (Å²) < 4.78 is 2.29. The highest BCUT2D eigenvalue weighted by Gasteiger charge is 2.31. The molecule has 0 N–H and O–H groups in total. The maximum absolute atomic E-state index is 4.84. The van der Waals surface area contributed by atoms with Gasteiger partial charge in [-0.25, -0.2) is 0 Å². The molecular weight excluding hydrogens is 208 g/mol. The van der Waals surface area contributed by atoms with Gasteiger partial charge in [-0.3, -0.25) is 4.99 Å². The van der Waals surface area contributed by atoms with E-state index in [-0.39, 0.29) is 0 Å². The molecule has 0 amide bonds. The van der Waals surface area contributed by atoms with Crippen LogP contribution in [-0.4, -0.2) is 10.3 Å². The summed E-state index contributed by atoms with van der Waals surface area (Å²) in [4.78, 5) is 4.84. The molecule has 0 atom stereocenters. The number of fused-ring (bicyclic) bond motifs is 3. The number of aromatic nitrogens is 1. The van der Waals surface area contributed by atoms with Crippen molar-refractivity contribution < 1.29 is 0 Å². The van der Waals surface area contributed by atoms with Gasteiger partial charge in [-0.1, -0.05) is 18.2 Å². The van der Waals surface area contributed by atoms with Crippen molar-refractivity contribution in [1.82, 2.24) is 4.57 Å². The zero-order valence-corrected chi connectivity index (χ0v) is 9.63. The Hall–Kier alpha value is -1.83. The summed E-state index contributed by atoms with van der Waals surface area (Å²) in [5.41, 5.74) is 5.20. The molecule has 1 aromatic heterocycles. The molecule has 17 heavy (non-hydrogen) atoms. The molecule has 0 radical (unpaired) electrons. The van der Waals surface area contributed by atoms with Gasteiger partial charge in [0.15, 0.2) is 0 Å². The summed E-state index contributed by atoms with van der Waals surface area (Å²) in [6.07, 6.45) is 4.76. The molecule has 1 aliphatic heterocycles. The summed E-state index contributed by atoms with van der Waals surface area (Å²) in [5, 5.41) is 0. The molecule has 0 bridgehead atoms. The summed E-state index contributed by atoms with van der Waals surface area (Å²) in [7, 11) is 0. The maximum atomic E-state index is 4.84. The second-order valence-corrected chi connectivity index (χ2v) is 4.87. The van der Waals surface area contributed by atoms with Crippen molar-refractivity contribution in [1.29, 1.82) is 0 Å². The fraction of sp³-hybridized carbons (Fsp3) is 0.267. The Morgan fingerprint density at radius 3 is 2.82 bits per heavy atom. The van der Waals surface area contributed by atoms with E-state index in [1.165, 1.54) is 35.5 Å². The van der Waals surface area contributed by atoms with Crippen LogP contribution in [0.4, 0.5) is 0 Å². The van der Waals surface area contributed by atoms with Crippen molar-refractivity contribution in [2.24, 2.45) is 10.9 Å². The van der Waals surface area contributed by atoms with E-state index in [0.717, 1.165) is 6.54 Å². The van der Waals surface area contributed by atoms with Crippen LogP contribution in [0, 0.1) is 5.92 Å². The largest absolute Gasteiger partial charge is 0.315 e. The Bertz CT molecular complexity index is 603. The van der Waals surface area contributed by atoms with E-state index in [1.54, 1.807) is 0 Å². The van der Waals surface area contributed by atoms with Gasteiger partial charge in [0.05, 0.1) is 23.6 Å². The second-order valence-electron chi connectivity index (χ2n) is 4.87. The van der Waals surface area contributed by atoms with Crippen LogP contribution in [0.2, 0.25) is 0 Å². The first-order chi connectivity index (χ1) is 8.43. The predicted molar refractivity (Wildman–Crippen MR) is 68.7 cm³/mol. The fourth-order valence-corrected chi connectivity index (χ4v) is 2.63. The topological polar surface area (TPSA) is 17.3 Å². The lowest BCUT2D eigenvalue weighted by Crippen LogP contribution is -2.08. The van der Waals surface area contributed by atoms with Crippen LogP contribution in [0.5, 0.6) is 0 Å². The molecule has 2 heterocycles. The average Bonchev–Trinajstić information content (AvgIpc) is 3.11. The highest BCUT2D eigenvalue weighted by atomic mass is 15.0. The van der Waals surface area contributed by atoms with Crippen LogP contribution in [0.3, 0.4) is 0 Å². The van der Waals surface area contributed by atoms with Gasteiger partial charge in [0.25, 0.3) is 0 Å². The zero-order valence-electron chi connectivity index (χ0n) is 9.63. The van der Waals surface area contributed by atoms with E-state index in [9.17, 15) is 0 Å². The van der Waals surface area contributed by atoms with Crippen LogP contribution >= 0.6 is 0 Å². The molecule has 0 unspecified atom stereocenters. The van der Waals surface area contributed by atoms with Gasteiger partial charge in [-0.05, 0) is 36.6 Å². The first-order valence-corrected chi connectivity index (χ1v) is 6.24. The number of hydrogen-bond acceptors (Lipinski definition) is 1. The summed E-state index contributed by atoms with van der Waals surface area (Å²) in [6.45, 7) is 0.823. The third-order valence-electron chi connectivity index (χ3n) is 3.65. The second kappa shape index (κ2) is 3.33. The predicted octanol–water partition coefficient (Wildman–Crippen LogP) is 3.19. The van der Waals surface area contributed by atoms with Crippen LogP contribution in [0.15, 0.2) is 47.6 Å². The Kier molecular flexibility index (Phi) is 1.81. The number of benzene rings is 1. The minimum Gasteiger partial charge on any atom is -0.315 e. The van der Waals surface area contributed by atoms with Crippen molar-refractivity contribution in [2.45, 2.75) is 19.4 Å². The molecule has 4 rings (SSSR count). The van der Waals surface area contributed by atoms with E-state index >= 15 is 0 Å². The minimum absolute atomic E-state index is 0.706. The highest BCUT2D eigenvalue weighted by molar-refractivity contribution is 6.03. The van der Waals surface area contributed by atoms with Gasteiger partial charge < -0.3 is 4.57 Å². The molecule has 84 valence electrons. The molecule has 2 heteroatoms. The van der Waals surface area contributed by atoms with E-state index in [4.69, 9.17) is 4.99 Å². The lowest BCUT2D eigenvalue weighted by Gasteiger charge is -2.09. The Balaban J connectivity index is 1.97. The van der Waals surface area contributed by atoms with Crippen molar-refractivity contribution in [3.05, 3.63) is 53.9 Å². The van der Waals surface area contributed by atoms with E-state index in [2.05, 4.69) is 47.2 Å². The third-order valence-corrected chi connectivity index (χ3v) is 3.65.